The van der Waals surface area contributed by atoms with Crippen molar-refractivity contribution in [2.24, 2.45) is 0 Å². The minimum absolute atomic E-state index is 0.654. The van der Waals surface area contributed by atoms with E-state index in [-0.39, 0.29) is 0 Å². The van der Waals surface area contributed by atoms with E-state index in [1.165, 1.54) is 27.1 Å². The van der Waals surface area contributed by atoms with Gasteiger partial charge in [0, 0.05) is 50.1 Å². The van der Waals surface area contributed by atoms with E-state index in [0.717, 1.165) is 56.1 Å². The molecule has 50 heavy (non-hydrogen) atoms. The standard InChI is InChI=1S/C45H29N5/c1-4-14-30(15-5-1)38-28-39(31-16-6-2-7-17-31)48-45(47-38)32-24-25-46-44(26-32)50-41-23-13-11-21-35(41)37-27-36-34-20-10-12-22-40(34)49(42(36)29-43(37)50)33-18-8-3-9-19-33/h1-29H. The SMILES string of the molecule is c1ccc(-c2cc(-c3ccccc3)nc(-c3ccnc(-n4c5ccccc5c5cc6c7ccccc7n(-c7ccccc7)c6cc54)c3)n2)cc1. The van der Waals surface area contributed by atoms with Crippen LogP contribution in [0.5, 0.6) is 0 Å². The van der Waals surface area contributed by atoms with Gasteiger partial charge in [-0.2, -0.15) is 0 Å². The number of nitrogens with zero attached hydrogens (tertiary/aromatic N) is 5. The molecule has 0 bridgehead atoms. The zero-order chi connectivity index (χ0) is 33.0. The maximum atomic E-state index is 5.11. The van der Waals surface area contributed by atoms with Crippen LogP contribution < -0.4 is 0 Å². The van der Waals surface area contributed by atoms with Crippen LogP contribution in [-0.4, -0.2) is 24.1 Å². The molecule has 5 heteroatoms. The molecule has 0 saturated carbocycles. The number of rotatable bonds is 5. The molecule has 234 valence electrons. The van der Waals surface area contributed by atoms with Gasteiger partial charge in [-0.15, -0.1) is 0 Å². The van der Waals surface area contributed by atoms with Crippen molar-refractivity contribution in [3.63, 3.8) is 0 Å². The summed E-state index contributed by atoms with van der Waals surface area (Å²) in [5.74, 6) is 1.46. The van der Waals surface area contributed by atoms with Crippen LogP contribution in [0.4, 0.5) is 0 Å². The number of pyridine rings is 1. The van der Waals surface area contributed by atoms with Gasteiger partial charge in [0.2, 0.25) is 0 Å². The Morgan fingerprint density at radius 2 is 0.880 bits per heavy atom. The molecule has 4 aromatic heterocycles. The second kappa shape index (κ2) is 11.4. The van der Waals surface area contributed by atoms with Crippen LogP contribution in [0.1, 0.15) is 0 Å². The molecule has 0 fully saturated rings. The minimum Gasteiger partial charge on any atom is -0.309 e. The number of fused-ring (bicyclic) bond motifs is 6. The third-order valence-electron chi connectivity index (χ3n) is 9.58. The van der Waals surface area contributed by atoms with Crippen molar-refractivity contribution >= 4 is 43.6 Å². The number of benzene rings is 6. The van der Waals surface area contributed by atoms with Crippen molar-refractivity contribution in [1.82, 2.24) is 24.1 Å². The van der Waals surface area contributed by atoms with Crippen LogP contribution in [0.15, 0.2) is 176 Å². The molecule has 10 rings (SSSR count). The molecule has 0 N–H and O–H groups in total. The summed E-state index contributed by atoms with van der Waals surface area (Å²) < 4.78 is 4.64. The van der Waals surface area contributed by atoms with Gasteiger partial charge >= 0.3 is 0 Å². The highest BCUT2D eigenvalue weighted by atomic mass is 15.1. The van der Waals surface area contributed by atoms with Gasteiger partial charge in [-0.25, -0.2) is 15.0 Å². The van der Waals surface area contributed by atoms with Gasteiger partial charge in [0.15, 0.2) is 5.82 Å². The zero-order valence-electron chi connectivity index (χ0n) is 27.0. The molecular weight excluding hydrogens is 611 g/mol. The number of hydrogen-bond acceptors (Lipinski definition) is 3. The van der Waals surface area contributed by atoms with Crippen LogP contribution in [0.2, 0.25) is 0 Å². The Bertz CT molecular complexity index is 2800. The predicted octanol–water partition coefficient (Wildman–Crippen LogP) is 11.1. The average molecular weight is 640 g/mol. The van der Waals surface area contributed by atoms with Crippen LogP contribution in [0.3, 0.4) is 0 Å². The van der Waals surface area contributed by atoms with Crippen LogP contribution in [0, 0.1) is 0 Å². The summed E-state index contributed by atoms with van der Waals surface area (Å²) in [4.78, 5) is 15.2. The van der Waals surface area contributed by atoms with Crippen molar-refractivity contribution in [1.29, 1.82) is 0 Å². The summed E-state index contributed by atoms with van der Waals surface area (Å²) in [7, 11) is 0. The molecule has 0 saturated heterocycles. The third-order valence-corrected chi connectivity index (χ3v) is 9.58. The molecule has 0 radical (unpaired) electrons. The first-order valence-electron chi connectivity index (χ1n) is 16.8. The van der Waals surface area contributed by atoms with Gasteiger partial charge in [0.1, 0.15) is 5.82 Å². The summed E-state index contributed by atoms with van der Waals surface area (Å²) in [6.07, 6.45) is 1.87. The van der Waals surface area contributed by atoms with Gasteiger partial charge in [0.25, 0.3) is 0 Å². The fraction of sp³-hybridized carbons (Fsp3) is 0. The lowest BCUT2D eigenvalue weighted by molar-refractivity contribution is 1.07. The molecule has 4 heterocycles. The average Bonchev–Trinajstić information content (AvgIpc) is 3.70. The lowest BCUT2D eigenvalue weighted by Crippen LogP contribution is -2.00. The molecule has 0 unspecified atom stereocenters. The smallest absolute Gasteiger partial charge is 0.160 e. The second-order valence-corrected chi connectivity index (χ2v) is 12.5. The first-order chi connectivity index (χ1) is 24.8. The van der Waals surface area contributed by atoms with Gasteiger partial charge in [-0.1, -0.05) is 115 Å². The van der Waals surface area contributed by atoms with Crippen LogP contribution in [0.25, 0.3) is 89.0 Å². The molecule has 0 atom stereocenters. The number of aromatic nitrogens is 5. The molecule has 0 aliphatic rings. The van der Waals surface area contributed by atoms with E-state index >= 15 is 0 Å². The lowest BCUT2D eigenvalue weighted by Gasteiger charge is -2.12. The summed E-state index contributed by atoms with van der Waals surface area (Å²) in [6, 6.07) is 59.3. The Kier molecular flexibility index (Phi) is 6.42. The highest BCUT2D eigenvalue weighted by Gasteiger charge is 2.19. The molecule has 0 spiro atoms. The topological polar surface area (TPSA) is 48.5 Å². The van der Waals surface area contributed by atoms with E-state index < -0.39 is 0 Å². The van der Waals surface area contributed by atoms with E-state index in [4.69, 9.17) is 15.0 Å². The number of hydrogen-bond donors (Lipinski definition) is 0. The fourth-order valence-electron chi connectivity index (χ4n) is 7.30. The van der Waals surface area contributed by atoms with E-state index in [1.807, 2.05) is 48.7 Å². The van der Waals surface area contributed by atoms with E-state index in [1.54, 1.807) is 0 Å². The largest absolute Gasteiger partial charge is 0.309 e. The molecular formula is C45H29N5. The zero-order valence-corrected chi connectivity index (χ0v) is 27.0. The Balaban J connectivity index is 1.22. The predicted molar refractivity (Wildman–Crippen MR) is 205 cm³/mol. The first kappa shape index (κ1) is 28.2. The van der Waals surface area contributed by atoms with E-state index in [0.29, 0.717) is 5.82 Å². The monoisotopic (exact) mass is 639 g/mol. The summed E-state index contributed by atoms with van der Waals surface area (Å²) in [5, 5.41) is 4.82. The summed E-state index contributed by atoms with van der Waals surface area (Å²) >= 11 is 0. The Morgan fingerprint density at radius 1 is 0.360 bits per heavy atom. The fourth-order valence-corrected chi connectivity index (χ4v) is 7.30. The molecule has 5 nitrogen and oxygen atoms in total. The highest BCUT2D eigenvalue weighted by Crippen LogP contribution is 2.39. The van der Waals surface area contributed by atoms with Gasteiger partial charge in [-0.3, -0.25) is 4.57 Å². The third kappa shape index (κ3) is 4.52. The van der Waals surface area contributed by atoms with Gasteiger partial charge in [0.05, 0.1) is 33.5 Å². The quantitative estimate of drug-likeness (QED) is 0.188. The first-order valence-corrected chi connectivity index (χ1v) is 16.8. The van der Waals surface area contributed by atoms with Crippen molar-refractivity contribution in [2.45, 2.75) is 0 Å². The minimum atomic E-state index is 0.654. The molecule has 0 aliphatic carbocycles. The van der Waals surface area contributed by atoms with Gasteiger partial charge < -0.3 is 4.57 Å². The molecule has 0 amide bonds. The van der Waals surface area contributed by atoms with Crippen LogP contribution >= 0.6 is 0 Å². The van der Waals surface area contributed by atoms with Crippen molar-refractivity contribution in [3.8, 4) is 45.4 Å². The Labute approximate surface area is 288 Å². The molecule has 0 aliphatic heterocycles. The van der Waals surface area contributed by atoms with Gasteiger partial charge in [-0.05, 0) is 54.6 Å². The maximum Gasteiger partial charge on any atom is 0.160 e. The van der Waals surface area contributed by atoms with Crippen molar-refractivity contribution < 1.29 is 0 Å². The summed E-state index contributed by atoms with van der Waals surface area (Å²) in [5.41, 5.74) is 10.4. The van der Waals surface area contributed by atoms with Crippen LogP contribution in [-0.2, 0) is 0 Å². The van der Waals surface area contributed by atoms with E-state index in [2.05, 4.69) is 137 Å². The number of para-hydroxylation sites is 3. The second-order valence-electron chi connectivity index (χ2n) is 12.5. The molecule has 10 aromatic rings. The summed E-state index contributed by atoms with van der Waals surface area (Å²) in [6.45, 7) is 0. The normalized spacial score (nSPS) is 11.6. The van der Waals surface area contributed by atoms with Crippen molar-refractivity contribution in [3.05, 3.63) is 176 Å². The maximum absolute atomic E-state index is 5.11. The highest BCUT2D eigenvalue weighted by molar-refractivity contribution is 6.19. The van der Waals surface area contributed by atoms with Crippen molar-refractivity contribution in [2.75, 3.05) is 0 Å². The molecule has 6 aromatic carbocycles. The van der Waals surface area contributed by atoms with E-state index in [9.17, 15) is 0 Å². The lowest BCUT2D eigenvalue weighted by atomic mass is 10.1. The Hall–Kier alpha value is -6.85. The Morgan fingerprint density at radius 3 is 1.50 bits per heavy atom.